The molecule has 0 saturated heterocycles. The second-order valence-electron chi connectivity index (χ2n) is 21.1. The van der Waals surface area contributed by atoms with Gasteiger partial charge in [0.05, 0.1) is 39.8 Å². The first-order chi connectivity index (χ1) is 38.2. The molecule has 0 fully saturated rings. The van der Waals surface area contributed by atoms with Crippen molar-refractivity contribution in [2.24, 2.45) is 5.11 Å². The van der Waals surface area contributed by atoms with E-state index >= 15 is 0 Å². The quantitative estimate of drug-likeness (QED) is 0.0271. The highest BCUT2D eigenvalue weighted by molar-refractivity contribution is 6.31. The number of hydrogen-bond acceptors (Lipinski definition) is 12. The molecule has 4 N–H and O–H groups in total. The standard InChI is InChI=1S/C28H33ClFN5O5.C24H23ClFN7O4.C4H10O/c1-16(2)34(14-23(37)31-13-18-8-7-9-21(29)25(18)30)24(38)15-35-22-11-10-19(32-27(39)40-28(4,5)6)12-20(22)26(33-35)17(3)36;1-13(2)32(11-20(35)28-10-16-5-4-6-18(25)22(16)26)21(36)12-33-19-8-7-15(24(37)29-31-27)9-17(19)23(30-33)14(3)34;1-4(2,3)5/h7-12,16H,13-15H2,1-6H3,(H,31,37)(H,32,39);4-9,13H,10-12H2,1-3H3,(H,28,35);5H,1-3H3. The minimum atomic E-state index is -0.822. The Morgan fingerprint density at radius 3 is 1.50 bits per heavy atom. The summed E-state index contributed by atoms with van der Waals surface area (Å²) >= 11 is 11.6. The van der Waals surface area contributed by atoms with E-state index in [0.717, 1.165) is 0 Å². The molecule has 4 aromatic carbocycles. The van der Waals surface area contributed by atoms with Gasteiger partial charge in [-0.2, -0.15) is 10.2 Å². The molecule has 26 heteroatoms. The van der Waals surface area contributed by atoms with Gasteiger partial charge in [-0.05, 0) is 128 Å². The van der Waals surface area contributed by atoms with Gasteiger partial charge in [0.2, 0.25) is 29.5 Å². The molecule has 6 amide bonds. The van der Waals surface area contributed by atoms with E-state index in [-0.39, 0.29) is 95.3 Å². The summed E-state index contributed by atoms with van der Waals surface area (Å²) < 4.78 is 36.2. The van der Waals surface area contributed by atoms with Crippen molar-refractivity contribution in [3.63, 3.8) is 0 Å². The minimum absolute atomic E-state index is 0.0378. The first kappa shape index (κ1) is 66.2. The van der Waals surface area contributed by atoms with E-state index in [0.29, 0.717) is 27.5 Å². The van der Waals surface area contributed by atoms with Gasteiger partial charge >= 0.3 is 6.09 Å². The molecule has 0 unspecified atom stereocenters. The van der Waals surface area contributed by atoms with Crippen LogP contribution in [-0.4, -0.2) is 118 Å². The number of Topliss-reactive ketones (excluding diaryl/α,β-unsaturated/α-hetero) is 2. The van der Waals surface area contributed by atoms with Gasteiger partial charge in [0.1, 0.15) is 41.7 Å². The van der Waals surface area contributed by atoms with Gasteiger partial charge < -0.3 is 30.3 Å². The number of nitrogens with one attached hydrogen (secondary N) is 3. The summed E-state index contributed by atoms with van der Waals surface area (Å²) in [6.07, 6.45) is -0.650. The highest BCUT2D eigenvalue weighted by Gasteiger charge is 2.26. The largest absolute Gasteiger partial charge is 0.444 e. The number of hydrogen-bond donors (Lipinski definition) is 4. The number of aromatic nitrogens is 4. The van der Waals surface area contributed by atoms with Gasteiger partial charge in [-0.15, -0.1) is 0 Å². The minimum Gasteiger partial charge on any atom is -0.444 e. The fourth-order valence-corrected chi connectivity index (χ4v) is 7.97. The first-order valence-electron chi connectivity index (χ1n) is 25.5. The average Bonchev–Trinajstić information content (AvgIpc) is 4.16. The lowest BCUT2D eigenvalue weighted by Crippen LogP contribution is -2.45. The molecule has 6 aromatic rings. The van der Waals surface area contributed by atoms with Crippen LogP contribution in [0.25, 0.3) is 32.2 Å². The molecule has 0 spiro atoms. The third-order valence-electron chi connectivity index (χ3n) is 11.3. The number of ketones is 2. The Morgan fingerprint density at radius 2 is 1.11 bits per heavy atom. The number of anilines is 1. The van der Waals surface area contributed by atoms with Crippen LogP contribution < -0.4 is 16.0 Å². The summed E-state index contributed by atoms with van der Waals surface area (Å²) in [4.78, 5) is 105. The maximum absolute atomic E-state index is 14.1. The van der Waals surface area contributed by atoms with E-state index in [1.807, 2.05) is 0 Å². The third kappa shape index (κ3) is 19.5. The number of halogens is 4. The van der Waals surface area contributed by atoms with E-state index in [1.54, 1.807) is 99.6 Å². The Bertz CT molecular complexity index is 3430. The van der Waals surface area contributed by atoms with E-state index < -0.39 is 64.2 Å². The van der Waals surface area contributed by atoms with Crippen LogP contribution in [0, 0.1) is 11.6 Å². The van der Waals surface area contributed by atoms with Crippen LogP contribution in [0.4, 0.5) is 19.3 Å². The molecule has 2 aromatic heterocycles. The fraction of sp³-hybridized carbons (Fsp3) is 0.393. The number of carbonyl (C=O) groups is 8. The molecule has 0 saturated carbocycles. The molecule has 6 rings (SSSR count). The highest BCUT2D eigenvalue weighted by Crippen LogP contribution is 2.26. The summed E-state index contributed by atoms with van der Waals surface area (Å²) in [5.74, 6) is -4.61. The van der Waals surface area contributed by atoms with Crippen LogP contribution in [0.3, 0.4) is 0 Å². The van der Waals surface area contributed by atoms with Gasteiger partial charge in [-0.1, -0.05) is 47.5 Å². The fourth-order valence-electron chi connectivity index (χ4n) is 7.58. The number of aliphatic hydroxyl groups is 1. The molecule has 0 aliphatic carbocycles. The molecular weight excluding hydrogens is 1110 g/mol. The lowest BCUT2D eigenvalue weighted by molar-refractivity contribution is -0.138. The SMILES string of the molecule is CC(=O)c1nn(CC(=O)N(CC(=O)NCc2cccc(Cl)c2F)C(C)C)c2ccc(C(=O)N=[N+]=[N-])cc12.CC(=O)c1nn(CC(=O)N(CC(=O)NCc2cccc(Cl)c2F)C(C)C)c2ccc(NC(=O)OC(C)(C)C)cc12.CC(C)(C)O. The third-order valence-corrected chi connectivity index (χ3v) is 11.9. The van der Waals surface area contributed by atoms with Crippen molar-refractivity contribution in [2.45, 2.75) is 133 Å². The van der Waals surface area contributed by atoms with Crippen molar-refractivity contribution in [1.29, 1.82) is 0 Å². The zero-order chi connectivity index (χ0) is 61.6. The van der Waals surface area contributed by atoms with Crippen molar-refractivity contribution < 1.29 is 57.0 Å². The molecule has 438 valence electrons. The Kier molecular flexibility index (Phi) is 23.3. The second-order valence-corrected chi connectivity index (χ2v) is 21.9. The number of carbonyl (C=O) groups excluding carboxylic acids is 8. The lowest BCUT2D eigenvalue weighted by atomic mass is 10.1. The maximum atomic E-state index is 14.1. The molecule has 0 aliphatic rings. The van der Waals surface area contributed by atoms with E-state index in [2.05, 4.69) is 36.2 Å². The van der Waals surface area contributed by atoms with Crippen LogP contribution in [0.15, 0.2) is 77.9 Å². The molecule has 0 bridgehead atoms. The second kappa shape index (κ2) is 28.9. The molecule has 0 aliphatic heterocycles. The summed E-state index contributed by atoms with van der Waals surface area (Å²) in [5.41, 5.74) is 9.29. The molecule has 82 heavy (non-hydrogen) atoms. The molecule has 0 radical (unpaired) electrons. The van der Waals surface area contributed by atoms with Gasteiger partial charge in [0.25, 0.3) is 0 Å². The van der Waals surface area contributed by atoms with Gasteiger partial charge in [0.15, 0.2) is 11.6 Å². The summed E-state index contributed by atoms with van der Waals surface area (Å²) in [6, 6.07) is 17.4. The molecule has 2 heterocycles. The Morgan fingerprint density at radius 1 is 0.695 bits per heavy atom. The molecular formula is C56H66Cl2F2N12O10. The van der Waals surface area contributed by atoms with Crippen LogP contribution >= 0.6 is 23.2 Å². The summed E-state index contributed by atoms with van der Waals surface area (Å²) in [5, 5.41) is 28.6. The average molecular weight is 1180 g/mol. The first-order valence-corrected chi connectivity index (χ1v) is 26.3. The van der Waals surface area contributed by atoms with Crippen molar-refractivity contribution in [1.82, 2.24) is 40.0 Å². The van der Waals surface area contributed by atoms with E-state index in [9.17, 15) is 47.1 Å². The van der Waals surface area contributed by atoms with Crippen LogP contribution in [0.5, 0.6) is 0 Å². The summed E-state index contributed by atoms with van der Waals surface area (Å²) in [6.45, 7) is 18.8. The van der Waals surface area contributed by atoms with E-state index in [4.69, 9.17) is 38.6 Å². The zero-order valence-electron chi connectivity index (χ0n) is 47.5. The zero-order valence-corrected chi connectivity index (χ0v) is 49.0. The molecule has 22 nitrogen and oxygen atoms in total. The predicted molar refractivity (Wildman–Crippen MR) is 305 cm³/mol. The number of azide groups is 1. The van der Waals surface area contributed by atoms with Crippen LogP contribution in [0.2, 0.25) is 10.0 Å². The van der Waals surface area contributed by atoms with Crippen molar-refractivity contribution in [2.75, 3.05) is 18.4 Å². The number of benzene rings is 4. The Balaban J connectivity index is 0.000000326. The van der Waals surface area contributed by atoms with Gasteiger partial charge in [-0.3, -0.25) is 48.2 Å². The summed E-state index contributed by atoms with van der Waals surface area (Å²) in [7, 11) is 0. The Labute approximate surface area is 482 Å². The number of fused-ring (bicyclic) bond motifs is 2. The number of rotatable bonds is 18. The van der Waals surface area contributed by atoms with E-state index in [1.165, 1.54) is 75.5 Å². The monoisotopic (exact) mass is 1170 g/mol. The number of ether oxygens (including phenoxy) is 1. The Hall–Kier alpha value is -8.31. The van der Waals surface area contributed by atoms with Crippen molar-refractivity contribution in [3.05, 3.63) is 133 Å². The topological polar surface area (TPSA) is 293 Å². The number of amides is 6. The highest BCUT2D eigenvalue weighted by atomic mass is 35.5. The maximum Gasteiger partial charge on any atom is 0.412 e. The van der Waals surface area contributed by atoms with Crippen molar-refractivity contribution in [3.8, 4) is 0 Å². The number of nitrogens with zero attached hydrogens (tertiary/aromatic N) is 9. The lowest BCUT2D eigenvalue weighted by Gasteiger charge is -2.26. The van der Waals surface area contributed by atoms with Gasteiger partial charge in [-0.25, -0.2) is 13.6 Å². The molecule has 0 atom stereocenters. The van der Waals surface area contributed by atoms with Crippen LogP contribution in [-0.2, 0) is 50.1 Å². The van der Waals surface area contributed by atoms with Crippen molar-refractivity contribution >= 4 is 97.9 Å². The van der Waals surface area contributed by atoms with Gasteiger partial charge in [0, 0.05) is 77.1 Å². The smallest absolute Gasteiger partial charge is 0.412 e. The predicted octanol–water partition coefficient (Wildman–Crippen LogP) is 9.74. The normalized spacial score (nSPS) is 11.2. The van der Waals surface area contributed by atoms with Crippen LogP contribution in [0.1, 0.15) is 126 Å².